The molecule has 0 aliphatic carbocycles. The summed E-state index contributed by atoms with van der Waals surface area (Å²) in [5, 5.41) is 10.5. The van der Waals surface area contributed by atoms with E-state index < -0.39 is 31.0 Å². The van der Waals surface area contributed by atoms with Crippen LogP contribution in [0.2, 0.25) is 0 Å². The molecule has 0 aromatic heterocycles. The molecule has 0 rings (SSSR count). The molecule has 1 atom stereocenters. The van der Waals surface area contributed by atoms with Crippen LogP contribution in [0.15, 0.2) is 0 Å². The van der Waals surface area contributed by atoms with Crippen molar-refractivity contribution in [2.75, 3.05) is 0 Å². The molecule has 0 heterocycles. The number of amides is 1. The molecule has 0 aliphatic rings. The van der Waals surface area contributed by atoms with Gasteiger partial charge in [-0.3, -0.25) is 4.79 Å². The number of halogens is 3. The number of carbonyl (C=O) groups is 1. The third-order valence-electron chi connectivity index (χ3n) is 1.35. The van der Waals surface area contributed by atoms with Crippen LogP contribution in [0.4, 0.5) is 13.2 Å². The van der Waals surface area contributed by atoms with Crippen LogP contribution in [-0.4, -0.2) is 23.1 Å². The van der Waals surface area contributed by atoms with E-state index in [1.165, 1.54) is 6.07 Å². The van der Waals surface area contributed by atoms with Crippen LogP contribution in [-0.2, 0) is 4.79 Å². The molecular weight excluding hydrogens is 231 g/mol. The van der Waals surface area contributed by atoms with E-state index >= 15 is 0 Å². The summed E-state index contributed by atoms with van der Waals surface area (Å²) in [4.78, 5) is 10.3. The highest BCUT2D eigenvalue weighted by Crippen LogP contribution is 2.21. The van der Waals surface area contributed by atoms with Gasteiger partial charge in [0.25, 0.3) is 5.91 Å². The van der Waals surface area contributed by atoms with Gasteiger partial charge < -0.3 is 11.1 Å². The molecule has 0 aliphatic heterocycles. The van der Waals surface area contributed by atoms with Gasteiger partial charge in [0, 0.05) is 12.8 Å². The second kappa shape index (κ2) is 5.50. The lowest BCUT2D eigenvalue weighted by atomic mass is 10.2. The number of alkyl halides is 3. The number of rotatable bonds is 4. The van der Waals surface area contributed by atoms with E-state index in [0.717, 1.165) is 0 Å². The van der Waals surface area contributed by atoms with Gasteiger partial charge in [0.2, 0.25) is 0 Å². The summed E-state index contributed by atoms with van der Waals surface area (Å²) in [5.74, 6) is -0.980. The minimum absolute atomic E-state index is 0.210. The van der Waals surface area contributed by atoms with Crippen molar-refractivity contribution in [1.29, 1.82) is 5.26 Å². The fraction of sp³-hybridized carbons (Fsp3) is 0.571. The van der Waals surface area contributed by atoms with E-state index in [2.05, 4.69) is 17.5 Å². The number of nitrogens with zero attached hydrogens (tertiary/aromatic N) is 1. The molecule has 84 valence electrons. The minimum Gasteiger partial charge on any atom is -0.367 e. The lowest BCUT2D eigenvalue weighted by molar-refractivity contribution is -0.132. The summed E-state index contributed by atoms with van der Waals surface area (Å²) in [6.07, 6.45) is -5.89. The largest absolute Gasteiger partial charge is 0.389 e. The van der Waals surface area contributed by atoms with Crippen molar-refractivity contribution in [3.05, 3.63) is 0 Å². The second-order valence-corrected chi connectivity index (χ2v) is 3.14. The maximum Gasteiger partial charge on any atom is 0.389 e. The summed E-state index contributed by atoms with van der Waals surface area (Å²) in [6, 6.07) is 0.0916. The van der Waals surface area contributed by atoms with E-state index in [4.69, 9.17) is 11.0 Å². The van der Waals surface area contributed by atoms with Gasteiger partial charge in [-0.1, -0.05) is 12.2 Å². The Hall–Kier alpha value is -1.36. The molecule has 1 unspecified atom stereocenters. The Balaban J connectivity index is 4.05. The standard InChI is InChI=1S/C7H8F3N3OS/c8-7(9,10)2-1-5(15)13-4(3-11)6(12)14/h4H,1-2H2,(H2,12,14)(H,13,15). The highest BCUT2D eigenvalue weighted by Gasteiger charge is 2.27. The van der Waals surface area contributed by atoms with Crippen molar-refractivity contribution in [2.45, 2.75) is 25.1 Å². The molecule has 0 aromatic carbocycles. The molecule has 0 fully saturated rings. The van der Waals surface area contributed by atoms with E-state index in [1.54, 1.807) is 0 Å². The van der Waals surface area contributed by atoms with Gasteiger partial charge >= 0.3 is 6.18 Å². The topological polar surface area (TPSA) is 78.9 Å². The number of nitrogens with two attached hydrogens (primary N) is 1. The summed E-state index contributed by atoms with van der Waals surface area (Å²) in [6.45, 7) is 0. The maximum absolute atomic E-state index is 11.7. The SMILES string of the molecule is N#CC(NC(=S)CCC(F)(F)F)C(N)=O. The molecule has 0 aromatic rings. The maximum atomic E-state index is 11.7. The zero-order valence-electron chi connectivity index (χ0n) is 7.47. The van der Waals surface area contributed by atoms with Crippen LogP contribution >= 0.6 is 12.2 Å². The number of thiocarbonyl (C=S) groups is 1. The number of primary amides is 1. The number of nitriles is 1. The van der Waals surface area contributed by atoms with Gasteiger partial charge in [0.05, 0.1) is 11.1 Å². The first kappa shape index (κ1) is 13.6. The Kier molecular flexibility index (Phi) is 5.00. The van der Waals surface area contributed by atoms with Crippen molar-refractivity contribution < 1.29 is 18.0 Å². The lowest BCUT2D eigenvalue weighted by Crippen LogP contribution is -2.42. The van der Waals surface area contributed by atoms with Gasteiger partial charge in [-0.2, -0.15) is 18.4 Å². The number of carbonyl (C=O) groups excluding carboxylic acids is 1. The van der Waals surface area contributed by atoms with Crippen molar-refractivity contribution in [2.24, 2.45) is 5.73 Å². The van der Waals surface area contributed by atoms with Gasteiger partial charge in [0.15, 0.2) is 6.04 Å². The summed E-state index contributed by atoms with van der Waals surface area (Å²) >= 11 is 4.51. The average Bonchev–Trinajstić information content (AvgIpc) is 2.09. The Morgan fingerprint density at radius 2 is 2.13 bits per heavy atom. The third-order valence-corrected chi connectivity index (χ3v) is 1.68. The van der Waals surface area contributed by atoms with Crippen molar-refractivity contribution in [3.63, 3.8) is 0 Å². The summed E-state index contributed by atoms with van der Waals surface area (Å²) in [7, 11) is 0. The van der Waals surface area contributed by atoms with E-state index in [-0.39, 0.29) is 4.99 Å². The Labute approximate surface area is 89.2 Å². The predicted octanol–water partition coefficient (Wildman–Crippen LogP) is 0.623. The van der Waals surface area contributed by atoms with Crippen molar-refractivity contribution in [3.8, 4) is 6.07 Å². The predicted molar refractivity (Wildman–Crippen MR) is 49.6 cm³/mol. The first-order chi connectivity index (χ1) is 6.76. The number of hydrogen-bond acceptors (Lipinski definition) is 3. The van der Waals surface area contributed by atoms with E-state index in [9.17, 15) is 18.0 Å². The Bertz CT molecular complexity index is 297. The first-order valence-corrected chi connectivity index (χ1v) is 4.22. The molecule has 0 spiro atoms. The van der Waals surface area contributed by atoms with Crippen LogP contribution < -0.4 is 11.1 Å². The fourth-order valence-corrected chi connectivity index (χ4v) is 0.875. The number of nitrogens with one attached hydrogen (secondary N) is 1. The highest BCUT2D eigenvalue weighted by molar-refractivity contribution is 7.80. The fourth-order valence-electron chi connectivity index (χ4n) is 0.655. The zero-order chi connectivity index (χ0) is 12.1. The number of hydrogen-bond donors (Lipinski definition) is 2. The first-order valence-electron chi connectivity index (χ1n) is 3.81. The van der Waals surface area contributed by atoms with Crippen molar-refractivity contribution >= 4 is 23.1 Å². The molecule has 4 nitrogen and oxygen atoms in total. The molecule has 0 radical (unpaired) electrons. The van der Waals surface area contributed by atoms with Gasteiger partial charge in [-0.15, -0.1) is 0 Å². The molecule has 8 heteroatoms. The van der Waals surface area contributed by atoms with Crippen LogP contribution in [0, 0.1) is 11.3 Å². The van der Waals surface area contributed by atoms with Crippen molar-refractivity contribution in [1.82, 2.24) is 5.32 Å². The molecule has 15 heavy (non-hydrogen) atoms. The van der Waals surface area contributed by atoms with Crippen LogP contribution in [0.25, 0.3) is 0 Å². The molecule has 1 amide bonds. The normalized spacial score (nSPS) is 12.7. The molecule has 3 N–H and O–H groups in total. The smallest absolute Gasteiger partial charge is 0.367 e. The van der Waals surface area contributed by atoms with E-state index in [1.807, 2.05) is 0 Å². The average molecular weight is 239 g/mol. The minimum atomic E-state index is -4.32. The molecule has 0 saturated heterocycles. The van der Waals surface area contributed by atoms with E-state index in [0.29, 0.717) is 0 Å². The highest BCUT2D eigenvalue weighted by atomic mass is 32.1. The molecule has 0 saturated carbocycles. The summed E-state index contributed by atoms with van der Waals surface area (Å²) in [5.41, 5.74) is 4.77. The Morgan fingerprint density at radius 1 is 1.60 bits per heavy atom. The Morgan fingerprint density at radius 3 is 2.47 bits per heavy atom. The lowest BCUT2D eigenvalue weighted by Gasteiger charge is -2.11. The van der Waals surface area contributed by atoms with Gasteiger partial charge in [-0.05, 0) is 0 Å². The van der Waals surface area contributed by atoms with Crippen LogP contribution in [0.5, 0.6) is 0 Å². The monoisotopic (exact) mass is 239 g/mol. The van der Waals surface area contributed by atoms with Gasteiger partial charge in [0.1, 0.15) is 0 Å². The van der Waals surface area contributed by atoms with Gasteiger partial charge in [-0.25, -0.2) is 0 Å². The quantitative estimate of drug-likeness (QED) is 0.705. The summed E-state index contributed by atoms with van der Waals surface area (Å²) < 4.78 is 35.2. The van der Waals surface area contributed by atoms with Crippen LogP contribution in [0.1, 0.15) is 12.8 Å². The zero-order valence-corrected chi connectivity index (χ0v) is 8.28. The second-order valence-electron chi connectivity index (χ2n) is 2.65. The van der Waals surface area contributed by atoms with Crippen LogP contribution in [0.3, 0.4) is 0 Å². The third kappa shape index (κ3) is 6.68. The molecule has 0 bridgehead atoms. The molecular formula is C7H8F3N3OS.